The molecule has 0 radical (unpaired) electrons. The number of thiazole rings is 1. The lowest BCUT2D eigenvalue weighted by molar-refractivity contribution is -0.167. The number of imide groups is 1. The Hall–Kier alpha value is -2.00. The summed E-state index contributed by atoms with van der Waals surface area (Å²) in [5.74, 6) is -2.62. The van der Waals surface area contributed by atoms with E-state index in [1.54, 1.807) is 0 Å². The van der Waals surface area contributed by atoms with Crippen molar-refractivity contribution in [3.8, 4) is 0 Å². The van der Waals surface area contributed by atoms with Crippen LogP contribution in [0.15, 0.2) is 5.38 Å². The van der Waals surface area contributed by atoms with Crippen LogP contribution >= 0.6 is 11.3 Å². The van der Waals surface area contributed by atoms with Crippen LogP contribution in [-0.2, 0) is 19.2 Å². The average Bonchev–Trinajstić information content (AvgIpc) is 2.75. The monoisotopic (exact) mass is 287 g/mol. The fourth-order valence-corrected chi connectivity index (χ4v) is 1.98. The lowest BCUT2D eigenvalue weighted by Gasteiger charge is -2.19. The fourth-order valence-electron chi connectivity index (χ4n) is 1.40. The van der Waals surface area contributed by atoms with Crippen molar-refractivity contribution in [2.75, 3.05) is 20.0 Å². The van der Waals surface area contributed by atoms with Crippen LogP contribution in [0.4, 0.5) is 9.93 Å². The Morgan fingerprint density at radius 1 is 1.42 bits per heavy atom. The standard InChI is InChI=1S/C10H13N3O5S/c1-5(14)7(6-4-19-9(11)12-6)8(15)13(18-3)10(16)17-2/h4,7H,1-3H3,(H2,11,12). The number of nitrogens with two attached hydrogens (primary N) is 1. The molecular weight excluding hydrogens is 274 g/mol. The highest BCUT2D eigenvalue weighted by Crippen LogP contribution is 2.23. The van der Waals surface area contributed by atoms with E-state index in [2.05, 4.69) is 14.6 Å². The van der Waals surface area contributed by atoms with Gasteiger partial charge in [0.15, 0.2) is 5.13 Å². The number of methoxy groups -OCH3 is 1. The van der Waals surface area contributed by atoms with Crippen LogP contribution in [0, 0.1) is 0 Å². The predicted octanol–water partition coefficient (Wildman–Crippen LogP) is 0.554. The summed E-state index contributed by atoms with van der Waals surface area (Å²) in [4.78, 5) is 43.6. The second-order valence-electron chi connectivity index (χ2n) is 3.44. The van der Waals surface area contributed by atoms with Crippen molar-refractivity contribution >= 4 is 34.3 Å². The Labute approximate surface area is 113 Å². The maximum Gasteiger partial charge on any atom is 0.441 e. The first-order valence-corrected chi connectivity index (χ1v) is 5.97. The summed E-state index contributed by atoms with van der Waals surface area (Å²) < 4.78 is 4.38. The van der Waals surface area contributed by atoms with Crippen LogP contribution < -0.4 is 5.73 Å². The SMILES string of the molecule is COC(=O)N(OC)C(=O)C(C(C)=O)c1csc(N)n1. The number of carbonyl (C=O) groups is 3. The Morgan fingerprint density at radius 2 is 2.05 bits per heavy atom. The number of rotatable bonds is 4. The minimum atomic E-state index is -1.26. The highest BCUT2D eigenvalue weighted by atomic mass is 32.1. The molecule has 1 aromatic rings. The highest BCUT2D eigenvalue weighted by Gasteiger charge is 2.35. The number of carbonyl (C=O) groups excluding carboxylic acids is 3. The maximum atomic E-state index is 12.1. The molecule has 0 bridgehead atoms. The summed E-state index contributed by atoms with van der Waals surface area (Å²) >= 11 is 1.09. The summed E-state index contributed by atoms with van der Waals surface area (Å²) in [6, 6.07) is 0. The van der Waals surface area contributed by atoms with E-state index >= 15 is 0 Å². The van der Waals surface area contributed by atoms with Crippen LogP contribution in [-0.4, -0.2) is 42.1 Å². The van der Waals surface area contributed by atoms with Crippen molar-refractivity contribution in [3.63, 3.8) is 0 Å². The first-order valence-electron chi connectivity index (χ1n) is 5.09. The summed E-state index contributed by atoms with van der Waals surface area (Å²) in [6.07, 6.45) is -1.03. The summed E-state index contributed by atoms with van der Waals surface area (Å²) in [5, 5.41) is 2.06. The molecule has 1 unspecified atom stereocenters. The zero-order valence-electron chi connectivity index (χ0n) is 10.6. The van der Waals surface area contributed by atoms with E-state index in [1.807, 2.05) is 0 Å². The highest BCUT2D eigenvalue weighted by molar-refractivity contribution is 7.13. The number of anilines is 1. The quantitative estimate of drug-likeness (QED) is 0.635. The van der Waals surface area contributed by atoms with Gasteiger partial charge in [-0.1, -0.05) is 0 Å². The second kappa shape index (κ2) is 6.25. The van der Waals surface area contributed by atoms with Gasteiger partial charge in [-0.15, -0.1) is 16.4 Å². The third-order valence-corrected chi connectivity index (χ3v) is 2.90. The molecule has 0 aromatic carbocycles. The first-order chi connectivity index (χ1) is 8.92. The molecule has 8 nitrogen and oxygen atoms in total. The van der Waals surface area contributed by atoms with Gasteiger partial charge in [0.1, 0.15) is 11.7 Å². The van der Waals surface area contributed by atoms with Gasteiger partial charge in [-0.25, -0.2) is 9.78 Å². The van der Waals surface area contributed by atoms with E-state index in [-0.39, 0.29) is 10.8 Å². The van der Waals surface area contributed by atoms with Crippen molar-refractivity contribution in [2.24, 2.45) is 0 Å². The molecule has 9 heteroatoms. The molecule has 1 aromatic heterocycles. The van der Waals surface area contributed by atoms with Crippen LogP contribution in [0.5, 0.6) is 0 Å². The number of ketones is 1. The molecular formula is C10H13N3O5S. The largest absolute Gasteiger partial charge is 0.451 e. The Kier molecular flexibility index (Phi) is 4.95. The topological polar surface area (TPSA) is 112 Å². The van der Waals surface area contributed by atoms with E-state index in [9.17, 15) is 14.4 Å². The minimum absolute atomic E-state index is 0.172. The molecule has 2 N–H and O–H groups in total. The summed E-state index contributed by atoms with van der Waals surface area (Å²) in [5.41, 5.74) is 5.63. The van der Waals surface area contributed by atoms with Gasteiger partial charge in [0.25, 0.3) is 5.91 Å². The summed E-state index contributed by atoms with van der Waals surface area (Å²) in [7, 11) is 2.20. The molecule has 0 spiro atoms. The maximum absolute atomic E-state index is 12.1. The third-order valence-electron chi connectivity index (χ3n) is 2.21. The Bertz CT molecular complexity index is 501. The van der Waals surface area contributed by atoms with Gasteiger partial charge >= 0.3 is 6.09 Å². The van der Waals surface area contributed by atoms with Gasteiger partial charge in [-0.05, 0) is 6.92 Å². The predicted molar refractivity (Wildman–Crippen MR) is 66.2 cm³/mol. The molecule has 1 rings (SSSR count). The fraction of sp³-hybridized carbons (Fsp3) is 0.400. The van der Waals surface area contributed by atoms with Gasteiger partial charge in [0.2, 0.25) is 0 Å². The normalized spacial score (nSPS) is 11.7. The van der Waals surface area contributed by atoms with Crippen molar-refractivity contribution in [1.29, 1.82) is 0 Å². The number of hydrogen-bond acceptors (Lipinski definition) is 8. The van der Waals surface area contributed by atoms with Crippen molar-refractivity contribution < 1.29 is 24.0 Å². The number of Topliss-reactive ketones (excluding diaryl/α,β-unsaturated/α-hetero) is 1. The van der Waals surface area contributed by atoms with Gasteiger partial charge in [0, 0.05) is 5.38 Å². The molecule has 2 amide bonds. The van der Waals surface area contributed by atoms with Gasteiger partial charge in [-0.2, -0.15) is 0 Å². The molecule has 0 aliphatic heterocycles. The third kappa shape index (κ3) is 3.26. The number of nitrogen functional groups attached to an aromatic ring is 1. The number of hydroxylamine groups is 2. The molecule has 1 heterocycles. The molecule has 0 fully saturated rings. The Morgan fingerprint density at radius 3 is 2.42 bits per heavy atom. The number of ether oxygens (including phenoxy) is 1. The van der Waals surface area contributed by atoms with E-state index in [4.69, 9.17) is 5.73 Å². The first kappa shape index (κ1) is 15.1. The van der Waals surface area contributed by atoms with Crippen LogP contribution in [0.25, 0.3) is 0 Å². The van der Waals surface area contributed by atoms with Crippen LogP contribution in [0.1, 0.15) is 18.5 Å². The lowest BCUT2D eigenvalue weighted by Crippen LogP contribution is -2.41. The van der Waals surface area contributed by atoms with Gasteiger partial charge in [-0.3, -0.25) is 14.4 Å². The molecule has 0 aliphatic carbocycles. The van der Waals surface area contributed by atoms with Crippen molar-refractivity contribution in [1.82, 2.24) is 10.0 Å². The van der Waals surface area contributed by atoms with Crippen LogP contribution in [0.3, 0.4) is 0 Å². The Balaban J connectivity index is 3.09. The van der Waals surface area contributed by atoms with E-state index in [0.717, 1.165) is 25.6 Å². The number of hydrogen-bond donors (Lipinski definition) is 1. The zero-order valence-corrected chi connectivity index (χ0v) is 11.4. The van der Waals surface area contributed by atoms with Crippen LogP contribution in [0.2, 0.25) is 0 Å². The zero-order chi connectivity index (χ0) is 14.6. The average molecular weight is 287 g/mol. The van der Waals surface area contributed by atoms with E-state index in [0.29, 0.717) is 5.06 Å². The number of amides is 2. The molecule has 1 atom stereocenters. The molecule has 0 saturated carbocycles. The van der Waals surface area contributed by atoms with Crippen molar-refractivity contribution in [2.45, 2.75) is 12.8 Å². The number of aromatic nitrogens is 1. The smallest absolute Gasteiger partial charge is 0.441 e. The van der Waals surface area contributed by atoms with E-state index in [1.165, 1.54) is 12.3 Å². The van der Waals surface area contributed by atoms with Gasteiger partial charge < -0.3 is 10.5 Å². The summed E-state index contributed by atoms with van der Waals surface area (Å²) in [6.45, 7) is 1.21. The van der Waals surface area contributed by atoms with Crippen molar-refractivity contribution in [3.05, 3.63) is 11.1 Å². The molecule has 0 aliphatic rings. The second-order valence-corrected chi connectivity index (χ2v) is 4.33. The van der Waals surface area contributed by atoms with E-state index < -0.39 is 23.7 Å². The molecule has 0 saturated heterocycles. The number of nitrogens with zero attached hydrogens (tertiary/aromatic N) is 2. The molecule has 104 valence electrons. The minimum Gasteiger partial charge on any atom is -0.451 e. The van der Waals surface area contributed by atoms with Gasteiger partial charge in [0.05, 0.1) is 19.9 Å². The molecule has 19 heavy (non-hydrogen) atoms. The lowest BCUT2D eigenvalue weighted by atomic mass is 10.0.